The van der Waals surface area contributed by atoms with Gasteiger partial charge in [0.2, 0.25) is 0 Å². The Balaban J connectivity index is 2.29. The predicted molar refractivity (Wildman–Crippen MR) is 93.6 cm³/mol. The highest BCUT2D eigenvalue weighted by Crippen LogP contribution is 2.39. The summed E-state index contributed by atoms with van der Waals surface area (Å²) < 4.78 is 12.0. The van der Waals surface area contributed by atoms with Crippen LogP contribution in [0.5, 0.6) is 0 Å². The molecule has 0 aliphatic carbocycles. The molecule has 1 aliphatic heterocycles. The molecule has 9 heteroatoms. The maximum Gasteiger partial charge on any atom is 0.491 e. The molecule has 2 heterocycles. The molecule has 24 heavy (non-hydrogen) atoms. The molecule has 0 saturated carbocycles. The molecule has 130 valence electrons. The first kappa shape index (κ1) is 19.2. The Kier molecular flexibility index (Phi) is 5.59. The molecule has 0 spiro atoms. The van der Waals surface area contributed by atoms with Gasteiger partial charge in [-0.25, -0.2) is 4.98 Å². The number of thioether (sulfide) groups is 1. The Bertz CT molecular complexity index is 667. The minimum atomic E-state index is -1.31. The Morgan fingerprint density at radius 1 is 1.33 bits per heavy atom. The number of thiazole rings is 1. The molecule has 0 unspecified atom stereocenters. The second-order valence-electron chi connectivity index (χ2n) is 6.45. The zero-order valence-corrected chi connectivity index (χ0v) is 15.9. The van der Waals surface area contributed by atoms with Crippen molar-refractivity contribution in [3.63, 3.8) is 0 Å². The standard InChI is InChI=1S/C15H20BNO5S2/c1-9(18)23-7-10(6-11-8-24-12(17-11)13(19)20)16-21-14(2,3)15(4,5)22-16/h6,8H,7H2,1-5H3,(H,19,20)/p-1. The normalized spacial score (nSPS) is 19.5. The Morgan fingerprint density at radius 2 is 1.92 bits per heavy atom. The van der Waals surface area contributed by atoms with Crippen LogP contribution in [0.4, 0.5) is 0 Å². The summed E-state index contributed by atoms with van der Waals surface area (Å²) in [5.74, 6) is -0.931. The summed E-state index contributed by atoms with van der Waals surface area (Å²) in [6.07, 6.45) is 1.71. The van der Waals surface area contributed by atoms with Gasteiger partial charge >= 0.3 is 7.12 Å². The lowest BCUT2D eigenvalue weighted by Gasteiger charge is -2.32. The number of carboxylic acids is 1. The van der Waals surface area contributed by atoms with Crippen LogP contribution >= 0.6 is 23.1 Å². The summed E-state index contributed by atoms with van der Waals surface area (Å²) in [4.78, 5) is 26.2. The van der Waals surface area contributed by atoms with E-state index >= 15 is 0 Å². The van der Waals surface area contributed by atoms with Gasteiger partial charge in [0.05, 0.1) is 16.9 Å². The van der Waals surface area contributed by atoms with E-state index in [9.17, 15) is 14.7 Å². The summed E-state index contributed by atoms with van der Waals surface area (Å²) in [5.41, 5.74) is 0.197. The predicted octanol–water partition coefficient (Wildman–Crippen LogP) is 1.80. The van der Waals surface area contributed by atoms with Crippen LogP contribution in [0.3, 0.4) is 0 Å². The molecule has 1 aromatic rings. The average molecular weight is 368 g/mol. The Labute approximate surface area is 149 Å². The third-order valence-corrected chi connectivity index (χ3v) is 5.75. The average Bonchev–Trinajstić information content (AvgIpc) is 2.97. The topological polar surface area (TPSA) is 88.6 Å². The first-order valence-electron chi connectivity index (χ1n) is 7.38. The molecule has 0 bridgehead atoms. The fraction of sp³-hybridized carbons (Fsp3) is 0.533. The molecule has 2 rings (SSSR count). The number of hydrogen-bond acceptors (Lipinski definition) is 8. The number of nitrogens with zero attached hydrogens (tertiary/aromatic N) is 1. The second kappa shape index (κ2) is 6.99. The van der Waals surface area contributed by atoms with Crippen LogP contribution in [0.2, 0.25) is 0 Å². The zero-order valence-electron chi connectivity index (χ0n) is 14.2. The number of carboxylic acid groups (broad SMARTS) is 1. The fourth-order valence-corrected chi connectivity index (χ4v) is 3.19. The summed E-state index contributed by atoms with van der Waals surface area (Å²) in [7, 11) is -0.616. The monoisotopic (exact) mass is 368 g/mol. The highest BCUT2D eigenvalue weighted by molar-refractivity contribution is 8.13. The lowest BCUT2D eigenvalue weighted by molar-refractivity contribution is -0.255. The van der Waals surface area contributed by atoms with E-state index in [-0.39, 0.29) is 10.1 Å². The maximum atomic E-state index is 11.3. The number of carbonyl (C=O) groups is 2. The minimum Gasteiger partial charge on any atom is -0.542 e. The van der Waals surface area contributed by atoms with E-state index < -0.39 is 24.3 Å². The van der Waals surface area contributed by atoms with Crippen molar-refractivity contribution in [1.29, 1.82) is 0 Å². The minimum absolute atomic E-state index is 0.0221. The number of aromatic carboxylic acids is 1. The number of hydrogen-bond donors (Lipinski definition) is 0. The fourth-order valence-electron chi connectivity index (χ4n) is 1.99. The van der Waals surface area contributed by atoms with Crippen LogP contribution in [0, 0.1) is 0 Å². The van der Waals surface area contributed by atoms with Crippen LogP contribution in [-0.4, -0.2) is 40.1 Å². The molecule has 1 fully saturated rings. The van der Waals surface area contributed by atoms with Crippen molar-refractivity contribution in [3.05, 3.63) is 21.6 Å². The summed E-state index contributed by atoms with van der Waals surface area (Å²) in [6.45, 7) is 9.27. The maximum absolute atomic E-state index is 11.3. The summed E-state index contributed by atoms with van der Waals surface area (Å²) >= 11 is 2.13. The lowest BCUT2D eigenvalue weighted by Crippen LogP contribution is -2.41. The van der Waals surface area contributed by atoms with Gasteiger partial charge < -0.3 is 19.2 Å². The zero-order chi connectivity index (χ0) is 18.1. The molecule has 6 nitrogen and oxygen atoms in total. The molecule has 0 atom stereocenters. The van der Waals surface area contributed by atoms with Crippen LogP contribution < -0.4 is 5.11 Å². The van der Waals surface area contributed by atoms with Crippen LogP contribution in [0.1, 0.15) is 50.1 Å². The van der Waals surface area contributed by atoms with Gasteiger partial charge in [-0.2, -0.15) is 0 Å². The van der Waals surface area contributed by atoms with E-state index in [4.69, 9.17) is 9.31 Å². The third kappa shape index (κ3) is 4.27. The second-order valence-corrected chi connectivity index (χ2v) is 8.46. The van der Waals surface area contributed by atoms with Gasteiger partial charge in [0.15, 0.2) is 5.12 Å². The molecule has 1 aliphatic rings. The van der Waals surface area contributed by atoms with Gasteiger partial charge in [-0.05, 0) is 39.2 Å². The van der Waals surface area contributed by atoms with E-state index in [0.717, 1.165) is 28.6 Å². The van der Waals surface area contributed by atoms with Crippen molar-refractivity contribution in [2.24, 2.45) is 0 Å². The third-order valence-electron chi connectivity index (χ3n) is 4.03. The van der Waals surface area contributed by atoms with E-state index in [1.165, 1.54) is 6.92 Å². The van der Waals surface area contributed by atoms with Gasteiger partial charge in [-0.1, -0.05) is 11.8 Å². The number of rotatable bonds is 5. The summed E-state index contributed by atoms with van der Waals surface area (Å²) in [6, 6.07) is 0. The molecular weight excluding hydrogens is 349 g/mol. The van der Waals surface area contributed by atoms with Crippen molar-refractivity contribution in [3.8, 4) is 0 Å². The molecule has 1 aromatic heterocycles. The lowest BCUT2D eigenvalue weighted by atomic mass is 9.79. The van der Waals surface area contributed by atoms with Gasteiger partial charge in [-0.15, -0.1) is 11.3 Å². The first-order valence-corrected chi connectivity index (χ1v) is 9.25. The van der Waals surface area contributed by atoms with E-state index in [2.05, 4.69) is 4.98 Å². The smallest absolute Gasteiger partial charge is 0.491 e. The van der Waals surface area contributed by atoms with Crippen LogP contribution in [-0.2, 0) is 14.1 Å². The molecule has 0 N–H and O–H groups in total. The van der Waals surface area contributed by atoms with Gasteiger partial charge in [0.25, 0.3) is 0 Å². The van der Waals surface area contributed by atoms with E-state index in [1.807, 2.05) is 27.7 Å². The largest absolute Gasteiger partial charge is 0.542 e. The quantitative estimate of drug-likeness (QED) is 0.732. The molecule has 0 amide bonds. The Hall–Kier alpha value is -1.16. The first-order chi connectivity index (χ1) is 11.0. The molecular formula is C15H19BNO5S2-. The van der Waals surface area contributed by atoms with Gasteiger partial charge in [-0.3, -0.25) is 4.79 Å². The SMILES string of the molecule is CC(=O)SCC(=Cc1csc(C(=O)[O-])n1)B1OC(C)(C)C(C)(C)O1. The van der Waals surface area contributed by atoms with E-state index in [1.54, 1.807) is 11.5 Å². The molecule has 0 radical (unpaired) electrons. The van der Waals surface area contributed by atoms with Crippen molar-refractivity contribution < 1.29 is 24.0 Å². The van der Waals surface area contributed by atoms with Crippen molar-refractivity contribution >= 4 is 47.4 Å². The van der Waals surface area contributed by atoms with Crippen LogP contribution in [0.15, 0.2) is 10.9 Å². The van der Waals surface area contributed by atoms with Gasteiger partial charge in [0, 0.05) is 18.1 Å². The molecule has 0 aromatic carbocycles. The number of carbonyl (C=O) groups excluding carboxylic acids is 2. The molecule has 1 saturated heterocycles. The van der Waals surface area contributed by atoms with Crippen LogP contribution in [0.25, 0.3) is 6.08 Å². The van der Waals surface area contributed by atoms with Gasteiger partial charge in [0.1, 0.15) is 11.0 Å². The van der Waals surface area contributed by atoms with E-state index in [0.29, 0.717) is 11.4 Å². The van der Waals surface area contributed by atoms with Crippen molar-refractivity contribution in [2.45, 2.75) is 45.8 Å². The summed E-state index contributed by atoms with van der Waals surface area (Å²) in [5, 5.41) is 12.4. The highest BCUT2D eigenvalue weighted by atomic mass is 32.2. The highest BCUT2D eigenvalue weighted by Gasteiger charge is 2.52. The van der Waals surface area contributed by atoms with Crippen molar-refractivity contribution in [1.82, 2.24) is 4.98 Å². The number of aromatic nitrogens is 1. The Morgan fingerprint density at radius 3 is 2.38 bits per heavy atom. The van der Waals surface area contributed by atoms with Crippen molar-refractivity contribution in [2.75, 3.05) is 5.75 Å².